The first kappa shape index (κ1) is 21.9. The minimum Gasteiger partial charge on any atom is -0.354 e. The Bertz CT molecular complexity index is 698. The average Bonchev–Trinajstić information content (AvgIpc) is 3.22. The van der Waals surface area contributed by atoms with Gasteiger partial charge in [-0.15, -0.1) is 24.0 Å². The Balaban J connectivity index is 0.00000261. The van der Waals surface area contributed by atoms with E-state index < -0.39 is 0 Å². The van der Waals surface area contributed by atoms with E-state index in [1.165, 1.54) is 11.1 Å². The van der Waals surface area contributed by atoms with Crippen LogP contribution in [-0.4, -0.2) is 55.6 Å². The quantitative estimate of drug-likeness (QED) is 0.363. The molecule has 0 saturated carbocycles. The van der Waals surface area contributed by atoms with Crippen LogP contribution in [0, 0.1) is 0 Å². The Hall–Kier alpha value is -1.39. The van der Waals surface area contributed by atoms with Gasteiger partial charge in [0, 0.05) is 52.5 Å². The van der Waals surface area contributed by atoms with Crippen LogP contribution in [0.2, 0.25) is 0 Å². The van der Waals surface area contributed by atoms with Crippen molar-refractivity contribution < 1.29 is 0 Å². The summed E-state index contributed by atoms with van der Waals surface area (Å²) < 4.78 is 0. The van der Waals surface area contributed by atoms with Crippen LogP contribution in [0.3, 0.4) is 0 Å². The summed E-state index contributed by atoms with van der Waals surface area (Å²) >= 11 is 1.71. The summed E-state index contributed by atoms with van der Waals surface area (Å²) in [6.45, 7) is 9.17. The third-order valence-electron chi connectivity index (χ3n) is 4.68. The summed E-state index contributed by atoms with van der Waals surface area (Å²) in [6, 6.07) is 6.37. The zero-order valence-corrected chi connectivity index (χ0v) is 19.2. The van der Waals surface area contributed by atoms with Crippen LogP contribution < -0.4 is 15.5 Å². The van der Waals surface area contributed by atoms with Crippen LogP contribution in [0.4, 0.5) is 5.82 Å². The molecule has 6 nitrogen and oxygen atoms in total. The molecule has 2 aromatic rings. The van der Waals surface area contributed by atoms with Gasteiger partial charge in [-0.3, -0.25) is 4.99 Å². The molecule has 0 amide bonds. The molecule has 0 aromatic carbocycles. The summed E-state index contributed by atoms with van der Waals surface area (Å²) in [5.74, 6) is 1.88. The fourth-order valence-corrected chi connectivity index (χ4v) is 3.69. The fraction of sp³-hybridized carbons (Fsp3) is 0.474. The Kier molecular flexibility index (Phi) is 9.29. The van der Waals surface area contributed by atoms with Crippen molar-refractivity contribution in [1.82, 2.24) is 20.5 Å². The lowest BCUT2D eigenvalue weighted by atomic mass is 10.2. The van der Waals surface area contributed by atoms with Crippen molar-refractivity contribution in [3.8, 4) is 0 Å². The van der Waals surface area contributed by atoms with Gasteiger partial charge >= 0.3 is 0 Å². The van der Waals surface area contributed by atoms with Gasteiger partial charge in [0.2, 0.25) is 0 Å². The van der Waals surface area contributed by atoms with Gasteiger partial charge in [0.25, 0.3) is 0 Å². The van der Waals surface area contributed by atoms with Gasteiger partial charge in [0.05, 0.1) is 0 Å². The number of guanidine groups is 1. The molecule has 148 valence electrons. The second kappa shape index (κ2) is 11.5. The van der Waals surface area contributed by atoms with Gasteiger partial charge in [-0.05, 0) is 46.6 Å². The number of rotatable bonds is 6. The number of hydrogen-bond acceptors (Lipinski definition) is 5. The van der Waals surface area contributed by atoms with E-state index >= 15 is 0 Å². The highest BCUT2D eigenvalue weighted by Crippen LogP contribution is 2.15. The van der Waals surface area contributed by atoms with E-state index in [4.69, 9.17) is 0 Å². The molecule has 8 heteroatoms. The maximum Gasteiger partial charge on any atom is 0.191 e. The zero-order valence-electron chi connectivity index (χ0n) is 16.0. The maximum atomic E-state index is 4.57. The maximum absolute atomic E-state index is 4.57. The van der Waals surface area contributed by atoms with Crippen molar-refractivity contribution in [3.63, 3.8) is 0 Å². The Morgan fingerprint density at radius 3 is 2.52 bits per heavy atom. The highest BCUT2D eigenvalue weighted by atomic mass is 127. The van der Waals surface area contributed by atoms with E-state index in [0.717, 1.165) is 57.6 Å². The molecular formula is C19H29IN6S. The van der Waals surface area contributed by atoms with Gasteiger partial charge in [-0.1, -0.05) is 6.92 Å². The first-order valence-corrected chi connectivity index (χ1v) is 10.1. The molecule has 0 aliphatic carbocycles. The molecule has 27 heavy (non-hydrogen) atoms. The molecule has 0 spiro atoms. The molecule has 1 fully saturated rings. The summed E-state index contributed by atoms with van der Waals surface area (Å²) in [6.07, 6.45) is 1.90. The molecule has 0 unspecified atom stereocenters. The summed E-state index contributed by atoms with van der Waals surface area (Å²) in [5, 5.41) is 11.0. The largest absolute Gasteiger partial charge is 0.354 e. The lowest BCUT2D eigenvalue weighted by Crippen LogP contribution is -2.46. The molecule has 0 atom stereocenters. The number of nitrogens with zero attached hydrogens (tertiary/aromatic N) is 4. The van der Waals surface area contributed by atoms with Crippen molar-refractivity contribution in [1.29, 1.82) is 0 Å². The summed E-state index contributed by atoms with van der Waals surface area (Å²) in [4.78, 5) is 13.7. The van der Waals surface area contributed by atoms with Crippen LogP contribution in [-0.2, 0) is 13.1 Å². The van der Waals surface area contributed by atoms with Gasteiger partial charge in [-0.2, -0.15) is 11.3 Å². The van der Waals surface area contributed by atoms with Crippen molar-refractivity contribution >= 4 is 47.1 Å². The SMILES string of the molecule is CCN1CCN(c2cc(CNC(=NC)NCc3ccsc3)ccn2)CC1.I. The summed E-state index contributed by atoms with van der Waals surface area (Å²) in [7, 11) is 1.80. The van der Waals surface area contributed by atoms with Gasteiger partial charge in [0.1, 0.15) is 5.82 Å². The van der Waals surface area contributed by atoms with Crippen LogP contribution in [0.5, 0.6) is 0 Å². The predicted octanol–water partition coefficient (Wildman–Crippen LogP) is 2.77. The predicted molar refractivity (Wildman–Crippen MR) is 125 cm³/mol. The first-order valence-electron chi connectivity index (χ1n) is 9.16. The Morgan fingerprint density at radius 2 is 1.89 bits per heavy atom. The standard InChI is InChI=1S/C19H28N6S.HI/c1-3-24-7-9-25(10-8-24)18-12-16(4-6-21-18)13-22-19(20-2)23-14-17-5-11-26-15-17;/h4-6,11-12,15H,3,7-10,13-14H2,1-2H3,(H2,20,22,23);1H. The highest BCUT2D eigenvalue weighted by molar-refractivity contribution is 14.0. The third kappa shape index (κ3) is 6.62. The molecule has 2 aromatic heterocycles. The molecule has 1 saturated heterocycles. The van der Waals surface area contributed by atoms with E-state index in [1.807, 2.05) is 6.20 Å². The molecule has 2 N–H and O–H groups in total. The Labute approximate surface area is 183 Å². The number of hydrogen-bond donors (Lipinski definition) is 2. The minimum atomic E-state index is 0. The van der Waals surface area contributed by atoms with E-state index in [-0.39, 0.29) is 24.0 Å². The van der Waals surface area contributed by atoms with Crippen molar-refractivity contribution in [2.24, 2.45) is 4.99 Å². The smallest absolute Gasteiger partial charge is 0.191 e. The van der Waals surface area contributed by atoms with Gasteiger partial charge in [0.15, 0.2) is 5.96 Å². The number of halogens is 1. The normalized spacial score (nSPS) is 15.3. The molecule has 1 aliphatic rings. The third-order valence-corrected chi connectivity index (χ3v) is 5.41. The minimum absolute atomic E-state index is 0. The first-order chi connectivity index (χ1) is 12.8. The lowest BCUT2D eigenvalue weighted by Gasteiger charge is -2.34. The number of nitrogens with one attached hydrogen (secondary N) is 2. The van der Waals surface area contributed by atoms with Crippen LogP contribution >= 0.6 is 35.3 Å². The molecule has 0 radical (unpaired) electrons. The number of aromatic nitrogens is 1. The number of likely N-dealkylation sites (N-methyl/N-ethyl adjacent to an activating group) is 1. The van der Waals surface area contributed by atoms with E-state index in [0.29, 0.717) is 0 Å². The fourth-order valence-electron chi connectivity index (χ4n) is 3.02. The number of piperazine rings is 1. The van der Waals surface area contributed by atoms with Crippen molar-refractivity contribution in [2.45, 2.75) is 20.0 Å². The highest BCUT2D eigenvalue weighted by Gasteiger charge is 2.16. The number of pyridine rings is 1. The average molecular weight is 500 g/mol. The lowest BCUT2D eigenvalue weighted by molar-refractivity contribution is 0.270. The van der Waals surface area contributed by atoms with Crippen LogP contribution in [0.1, 0.15) is 18.1 Å². The topological polar surface area (TPSA) is 55.8 Å². The molecule has 0 bridgehead atoms. The molecular weight excluding hydrogens is 471 g/mol. The van der Waals surface area contributed by atoms with E-state index in [2.05, 4.69) is 66.3 Å². The molecule has 1 aliphatic heterocycles. The van der Waals surface area contributed by atoms with Crippen molar-refractivity contribution in [2.75, 3.05) is 44.7 Å². The monoisotopic (exact) mass is 500 g/mol. The molecule has 3 heterocycles. The molecule has 3 rings (SSSR count). The Morgan fingerprint density at radius 1 is 1.15 bits per heavy atom. The summed E-state index contributed by atoms with van der Waals surface area (Å²) in [5.41, 5.74) is 2.49. The van der Waals surface area contributed by atoms with E-state index in [9.17, 15) is 0 Å². The number of thiophene rings is 1. The number of aliphatic imine (C=N–C) groups is 1. The van der Waals surface area contributed by atoms with Crippen molar-refractivity contribution in [3.05, 3.63) is 46.3 Å². The zero-order chi connectivity index (χ0) is 18.2. The van der Waals surface area contributed by atoms with Gasteiger partial charge < -0.3 is 20.4 Å². The second-order valence-electron chi connectivity index (χ2n) is 6.35. The number of anilines is 1. The van der Waals surface area contributed by atoms with Crippen LogP contribution in [0.25, 0.3) is 0 Å². The van der Waals surface area contributed by atoms with E-state index in [1.54, 1.807) is 18.4 Å². The van der Waals surface area contributed by atoms with Crippen LogP contribution in [0.15, 0.2) is 40.1 Å². The second-order valence-corrected chi connectivity index (χ2v) is 7.13. The van der Waals surface area contributed by atoms with Gasteiger partial charge in [-0.25, -0.2) is 4.98 Å².